The van der Waals surface area contributed by atoms with E-state index in [0.29, 0.717) is 18.6 Å². The van der Waals surface area contributed by atoms with Crippen LogP contribution in [-0.4, -0.2) is 49.3 Å². The van der Waals surface area contributed by atoms with Crippen LogP contribution in [-0.2, 0) is 16.0 Å². The van der Waals surface area contributed by atoms with E-state index in [0.717, 1.165) is 93.8 Å². The highest BCUT2D eigenvalue weighted by Crippen LogP contribution is 2.52. The van der Waals surface area contributed by atoms with Gasteiger partial charge in [-0.2, -0.15) is 0 Å². The molecular weight excluding hydrogens is 529 g/mol. The number of rotatable bonds is 10. The molecule has 0 aromatic heterocycles. The third kappa shape index (κ3) is 7.07. The lowest BCUT2D eigenvalue weighted by Gasteiger charge is -2.36. The molecule has 218 valence electrons. The fraction of sp³-hybridized carbons (Fsp3) is 0.545. The van der Waals surface area contributed by atoms with Gasteiger partial charge in [0, 0.05) is 19.5 Å². The van der Waals surface area contributed by atoms with Crippen LogP contribution in [0.3, 0.4) is 0 Å². The standard InChI is InChI=1S/C33H42FNO4.ClH/c1-23(9-6-11-24-10-4-5-14-28(24)34)25-21-29(38-31(36)15-8-16-35-17-19-37-20-18-35)32-26-12-7-13-27(26)33(2,3)39-30(32)22-25;/h4-5,10,14,21-23H,6-9,11-13,15-20H2,1-3H3;1H. The number of carbonyl (C=O) groups excluding carboxylic acids is 1. The van der Waals surface area contributed by atoms with Gasteiger partial charge >= 0.3 is 5.97 Å². The lowest BCUT2D eigenvalue weighted by Crippen LogP contribution is -2.37. The van der Waals surface area contributed by atoms with E-state index in [4.69, 9.17) is 14.2 Å². The Bertz CT molecular complexity index is 1220. The van der Waals surface area contributed by atoms with Gasteiger partial charge in [0.15, 0.2) is 0 Å². The number of hydrogen-bond acceptors (Lipinski definition) is 5. The average Bonchev–Trinajstić information content (AvgIpc) is 3.41. The Labute approximate surface area is 244 Å². The van der Waals surface area contributed by atoms with Crippen LogP contribution in [0.5, 0.6) is 11.5 Å². The SMILES string of the molecule is CC(CCCc1ccccc1F)c1cc(OC(=O)CCCN2CCOCC2)c2c(c1)OC(C)(C)C1=C2CCC1.Cl. The summed E-state index contributed by atoms with van der Waals surface area (Å²) >= 11 is 0. The smallest absolute Gasteiger partial charge is 0.311 e. The first-order valence-electron chi connectivity index (χ1n) is 14.7. The minimum absolute atomic E-state index is 0. The van der Waals surface area contributed by atoms with Crippen molar-refractivity contribution in [1.29, 1.82) is 0 Å². The molecule has 1 fully saturated rings. The van der Waals surface area contributed by atoms with E-state index >= 15 is 0 Å². The molecular formula is C33H43ClFNO4. The molecule has 0 spiro atoms. The topological polar surface area (TPSA) is 48.0 Å². The first-order chi connectivity index (χ1) is 18.8. The van der Waals surface area contributed by atoms with Crippen LogP contribution in [0.15, 0.2) is 42.0 Å². The number of allylic oxidation sites excluding steroid dienone is 1. The molecule has 2 aromatic rings. The summed E-state index contributed by atoms with van der Waals surface area (Å²) in [4.78, 5) is 15.4. The van der Waals surface area contributed by atoms with Crippen LogP contribution in [0, 0.1) is 5.82 Å². The monoisotopic (exact) mass is 571 g/mol. The third-order valence-corrected chi connectivity index (χ3v) is 8.49. The number of nitrogens with zero attached hydrogens (tertiary/aromatic N) is 1. The first-order valence-corrected chi connectivity index (χ1v) is 14.7. The minimum atomic E-state index is -0.370. The summed E-state index contributed by atoms with van der Waals surface area (Å²) in [6.45, 7) is 10.7. The predicted octanol–water partition coefficient (Wildman–Crippen LogP) is 7.50. The van der Waals surface area contributed by atoms with Crippen LogP contribution < -0.4 is 9.47 Å². The number of esters is 1. The molecule has 5 nitrogen and oxygen atoms in total. The van der Waals surface area contributed by atoms with Crippen LogP contribution >= 0.6 is 12.4 Å². The van der Waals surface area contributed by atoms with Crippen LogP contribution in [0.4, 0.5) is 4.39 Å². The van der Waals surface area contributed by atoms with Crippen molar-refractivity contribution in [3.63, 3.8) is 0 Å². The van der Waals surface area contributed by atoms with Gasteiger partial charge in [0.25, 0.3) is 0 Å². The van der Waals surface area contributed by atoms with E-state index < -0.39 is 0 Å². The summed E-state index contributed by atoms with van der Waals surface area (Å²) in [6.07, 6.45) is 6.72. The normalized spacial score (nSPS) is 18.8. The van der Waals surface area contributed by atoms with Crippen molar-refractivity contribution in [1.82, 2.24) is 4.90 Å². The summed E-state index contributed by atoms with van der Waals surface area (Å²) in [5.41, 5.74) is 5.06. The van der Waals surface area contributed by atoms with Crippen molar-refractivity contribution < 1.29 is 23.4 Å². The second-order valence-corrected chi connectivity index (χ2v) is 11.7. The number of hydrogen-bond donors (Lipinski definition) is 0. The highest BCUT2D eigenvalue weighted by Gasteiger charge is 2.39. The zero-order chi connectivity index (χ0) is 27.4. The van der Waals surface area contributed by atoms with Crippen LogP contribution in [0.25, 0.3) is 5.57 Å². The third-order valence-electron chi connectivity index (χ3n) is 8.49. The highest BCUT2D eigenvalue weighted by atomic mass is 35.5. The Morgan fingerprint density at radius 2 is 1.90 bits per heavy atom. The number of benzene rings is 2. The Morgan fingerprint density at radius 1 is 1.12 bits per heavy atom. The Morgan fingerprint density at radius 3 is 2.67 bits per heavy atom. The molecule has 3 aliphatic rings. The fourth-order valence-electron chi connectivity index (χ4n) is 6.29. The summed E-state index contributed by atoms with van der Waals surface area (Å²) in [5, 5.41) is 0. The zero-order valence-corrected chi connectivity index (χ0v) is 24.9. The van der Waals surface area contributed by atoms with Crippen LogP contribution in [0.1, 0.15) is 88.3 Å². The molecule has 0 radical (unpaired) electrons. The maximum Gasteiger partial charge on any atom is 0.311 e. The number of morpholine rings is 1. The summed E-state index contributed by atoms with van der Waals surface area (Å²) in [5.74, 6) is 1.32. The molecule has 2 aromatic carbocycles. The molecule has 2 heterocycles. The van der Waals surface area contributed by atoms with Gasteiger partial charge < -0.3 is 14.2 Å². The lowest BCUT2D eigenvalue weighted by atomic mass is 9.85. The molecule has 5 rings (SSSR count). The second kappa shape index (κ2) is 13.5. The predicted molar refractivity (Wildman–Crippen MR) is 159 cm³/mol. The van der Waals surface area contributed by atoms with Gasteiger partial charge in [-0.1, -0.05) is 25.1 Å². The molecule has 1 saturated heterocycles. The molecule has 0 bridgehead atoms. The molecule has 1 atom stereocenters. The number of carbonyl (C=O) groups is 1. The van der Waals surface area contributed by atoms with Gasteiger partial charge in [-0.3, -0.25) is 9.69 Å². The molecule has 0 N–H and O–H groups in total. The molecule has 2 aliphatic heterocycles. The van der Waals surface area contributed by atoms with Crippen LogP contribution in [0.2, 0.25) is 0 Å². The maximum atomic E-state index is 14.1. The van der Waals surface area contributed by atoms with Crippen molar-refractivity contribution in [2.45, 2.75) is 83.7 Å². The summed E-state index contributed by atoms with van der Waals surface area (Å²) in [6, 6.07) is 11.2. The first kappa shape index (κ1) is 30.5. The number of ether oxygens (including phenoxy) is 3. The Balaban J connectivity index is 0.00000370. The lowest BCUT2D eigenvalue weighted by molar-refractivity contribution is -0.134. The zero-order valence-electron chi connectivity index (χ0n) is 24.1. The summed E-state index contributed by atoms with van der Waals surface area (Å²) in [7, 11) is 0. The largest absolute Gasteiger partial charge is 0.483 e. The minimum Gasteiger partial charge on any atom is -0.483 e. The number of fused-ring (bicyclic) bond motifs is 2. The molecule has 40 heavy (non-hydrogen) atoms. The van der Waals surface area contributed by atoms with Crippen molar-refractivity contribution in [2.75, 3.05) is 32.8 Å². The number of aryl methyl sites for hydroxylation is 1. The Kier molecular flexibility index (Phi) is 10.3. The maximum absolute atomic E-state index is 14.1. The van der Waals surface area contributed by atoms with Gasteiger partial charge in [-0.15, -0.1) is 12.4 Å². The molecule has 1 unspecified atom stereocenters. The van der Waals surface area contributed by atoms with Crippen molar-refractivity contribution >= 4 is 23.9 Å². The van der Waals surface area contributed by atoms with E-state index in [-0.39, 0.29) is 35.7 Å². The van der Waals surface area contributed by atoms with Gasteiger partial charge in [-0.05, 0) is 112 Å². The van der Waals surface area contributed by atoms with E-state index in [9.17, 15) is 9.18 Å². The average molecular weight is 572 g/mol. The van der Waals surface area contributed by atoms with E-state index in [1.165, 1.54) is 17.2 Å². The van der Waals surface area contributed by atoms with Gasteiger partial charge in [0.1, 0.15) is 22.9 Å². The van der Waals surface area contributed by atoms with Crippen molar-refractivity contribution in [2.24, 2.45) is 0 Å². The Hall–Kier alpha value is -2.41. The second-order valence-electron chi connectivity index (χ2n) is 11.7. The van der Waals surface area contributed by atoms with E-state index in [1.54, 1.807) is 6.07 Å². The van der Waals surface area contributed by atoms with Gasteiger partial charge in [0.2, 0.25) is 0 Å². The fourth-order valence-corrected chi connectivity index (χ4v) is 6.29. The highest BCUT2D eigenvalue weighted by molar-refractivity contribution is 5.85. The summed E-state index contributed by atoms with van der Waals surface area (Å²) < 4.78 is 32.2. The van der Waals surface area contributed by atoms with Crippen molar-refractivity contribution in [3.05, 3.63) is 64.5 Å². The van der Waals surface area contributed by atoms with Gasteiger partial charge in [0.05, 0.1) is 18.8 Å². The van der Waals surface area contributed by atoms with E-state index in [2.05, 4.69) is 37.8 Å². The van der Waals surface area contributed by atoms with Gasteiger partial charge in [-0.25, -0.2) is 4.39 Å². The molecule has 7 heteroatoms. The number of halogens is 2. The molecule has 1 aliphatic carbocycles. The molecule has 0 saturated carbocycles. The van der Waals surface area contributed by atoms with Crippen molar-refractivity contribution in [3.8, 4) is 11.5 Å². The quantitative estimate of drug-likeness (QED) is 0.218. The molecule has 0 amide bonds. The van der Waals surface area contributed by atoms with E-state index in [1.807, 2.05) is 12.1 Å².